The Morgan fingerprint density at radius 3 is 2.22 bits per heavy atom. The molecule has 0 amide bonds. The molecule has 0 saturated heterocycles. The van der Waals surface area contributed by atoms with Crippen LogP contribution in [0, 0.1) is 0 Å². The van der Waals surface area contributed by atoms with Crippen molar-refractivity contribution in [2.45, 2.75) is 50.5 Å². The van der Waals surface area contributed by atoms with E-state index in [1.165, 1.54) is 42.6 Å². The Hall–Kier alpha value is -3.90. The first-order valence-electron chi connectivity index (χ1n) is 11.1. The molecule has 3 aromatic rings. The van der Waals surface area contributed by atoms with Gasteiger partial charge in [0, 0.05) is 31.0 Å². The molecule has 198 valence electrons. The van der Waals surface area contributed by atoms with Crippen LogP contribution in [0.2, 0.25) is 0 Å². The van der Waals surface area contributed by atoms with Crippen LogP contribution in [0.3, 0.4) is 0 Å². The van der Waals surface area contributed by atoms with Crippen molar-refractivity contribution >= 4 is 17.4 Å². The SMILES string of the molecule is O=C(O)CCCC(=O)c1ccc([C@@H](CCC(F)(F)F)Nc2ccc(-n3cc(C(F)(F)F)cn3)nc2)cc1. The molecule has 0 spiro atoms. The summed E-state index contributed by atoms with van der Waals surface area (Å²) in [5.41, 5.74) is 0.157. The topological polar surface area (TPSA) is 97.1 Å². The molecule has 2 N–H and O–H groups in total. The summed E-state index contributed by atoms with van der Waals surface area (Å²) in [6.07, 6.45) is -7.64. The Bertz CT molecular complexity index is 1200. The highest BCUT2D eigenvalue weighted by atomic mass is 19.4. The van der Waals surface area contributed by atoms with Crippen LogP contribution in [0.1, 0.15) is 59.6 Å². The normalized spacial score (nSPS) is 12.8. The van der Waals surface area contributed by atoms with E-state index in [1.807, 2.05) is 0 Å². The van der Waals surface area contributed by atoms with E-state index in [9.17, 15) is 35.9 Å². The van der Waals surface area contributed by atoms with Gasteiger partial charge in [-0.3, -0.25) is 9.59 Å². The highest BCUT2D eigenvalue weighted by Crippen LogP contribution is 2.31. The third-order valence-electron chi connectivity index (χ3n) is 5.38. The molecule has 0 fully saturated rings. The van der Waals surface area contributed by atoms with Crippen LogP contribution in [0.5, 0.6) is 0 Å². The maximum Gasteiger partial charge on any atom is 0.419 e. The molecule has 0 aliphatic heterocycles. The van der Waals surface area contributed by atoms with Crippen molar-refractivity contribution in [3.8, 4) is 5.82 Å². The number of nitrogens with zero attached hydrogens (tertiary/aromatic N) is 3. The van der Waals surface area contributed by atoms with Crippen LogP contribution in [0.25, 0.3) is 5.82 Å². The first kappa shape index (κ1) is 27.7. The van der Waals surface area contributed by atoms with Gasteiger partial charge in [0.2, 0.25) is 0 Å². The number of carbonyl (C=O) groups is 2. The average molecular weight is 528 g/mol. The minimum Gasteiger partial charge on any atom is -0.481 e. The van der Waals surface area contributed by atoms with Gasteiger partial charge < -0.3 is 10.4 Å². The van der Waals surface area contributed by atoms with Gasteiger partial charge in [-0.05, 0) is 30.5 Å². The van der Waals surface area contributed by atoms with Crippen LogP contribution in [-0.2, 0) is 11.0 Å². The summed E-state index contributed by atoms with van der Waals surface area (Å²) in [5, 5.41) is 15.3. The molecule has 7 nitrogen and oxygen atoms in total. The van der Waals surface area contributed by atoms with Gasteiger partial charge in [0.1, 0.15) is 0 Å². The Morgan fingerprint density at radius 1 is 0.973 bits per heavy atom. The quantitative estimate of drug-likeness (QED) is 0.227. The van der Waals surface area contributed by atoms with Crippen LogP contribution >= 0.6 is 0 Å². The zero-order chi connectivity index (χ0) is 27.2. The molecule has 2 heterocycles. The highest BCUT2D eigenvalue weighted by molar-refractivity contribution is 5.96. The molecule has 0 bridgehead atoms. The number of pyridine rings is 1. The summed E-state index contributed by atoms with van der Waals surface area (Å²) in [5.74, 6) is -1.21. The largest absolute Gasteiger partial charge is 0.481 e. The van der Waals surface area contributed by atoms with Gasteiger partial charge in [-0.25, -0.2) is 9.67 Å². The lowest BCUT2D eigenvalue weighted by atomic mass is 9.98. The van der Waals surface area contributed by atoms with Crippen molar-refractivity contribution in [2.75, 3.05) is 5.32 Å². The number of anilines is 1. The number of nitrogens with one attached hydrogen (secondary N) is 1. The number of benzene rings is 1. The number of ketones is 1. The Labute approximate surface area is 207 Å². The van der Waals surface area contributed by atoms with Crippen molar-refractivity contribution in [1.82, 2.24) is 14.8 Å². The fourth-order valence-electron chi connectivity index (χ4n) is 3.48. The number of hydrogen-bond donors (Lipinski definition) is 2. The van der Waals surface area contributed by atoms with E-state index in [-0.39, 0.29) is 37.3 Å². The summed E-state index contributed by atoms with van der Waals surface area (Å²) in [4.78, 5) is 26.9. The van der Waals surface area contributed by atoms with Crippen molar-refractivity contribution in [2.24, 2.45) is 0 Å². The van der Waals surface area contributed by atoms with Crippen LogP contribution < -0.4 is 5.32 Å². The number of aliphatic carboxylic acids is 1. The number of rotatable bonds is 11. The molecule has 0 saturated carbocycles. The molecule has 1 atom stereocenters. The van der Waals surface area contributed by atoms with Crippen LogP contribution in [0.15, 0.2) is 55.0 Å². The number of aromatic nitrogens is 3. The van der Waals surface area contributed by atoms with Gasteiger partial charge >= 0.3 is 18.3 Å². The van der Waals surface area contributed by atoms with E-state index < -0.39 is 36.3 Å². The maximum absolute atomic E-state index is 12.9. The average Bonchev–Trinajstić information content (AvgIpc) is 3.32. The van der Waals surface area contributed by atoms with Gasteiger partial charge in [-0.2, -0.15) is 31.4 Å². The summed E-state index contributed by atoms with van der Waals surface area (Å²) in [7, 11) is 0. The monoisotopic (exact) mass is 528 g/mol. The summed E-state index contributed by atoms with van der Waals surface area (Å²) in [6.45, 7) is 0. The predicted molar refractivity (Wildman–Crippen MR) is 120 cm³/mol. The number of carboxylic acids is 1. The first-order chi connectivity index (χ1) is 17.3. The number of hydrogen-bond acceptors (Lipinski definition) is 5. The molecule has 37 heavy (non-hydrogen) atoms. The lowest BCUT2D eigenvalue weighted by Crippen LogP contribution is -2.16. The fourth-order valence-corrected chi connectivity index (χ4v) is 3.48. The van der Waals surface area contributed by atoms with E-state index in [4.69, 9.17) is 5.11 Å². The van der Waals surface area contributed by atoms with Crippen LogP contribution in [-0.4, -0.2) is 37.8 Å². The van der Waals surface area contributed by atoms with E-state index in [0.29, 0.717) is 23.0 Å². The Kier molecular flexibility index (Phi) is 8.56. The van der Waals surface area contributed by atoms with E-state index in [0.717, 1.165) is 10.9 Å². The zero-order valence-electron chi connectivity index (χ0n) is 19.2. The van der Waals surface area contributed by atoms with Gasteiger partial charge in [0.25, 0.3) is 0 Å². The third kappa shape index (κ3) is 8.33. The van der Waals surface area contributed by atoms with E-state index in [2.05, 4.69) is 15.4 Å². The highest BCUT2D eigenvalue weighted by Gasteiger charge is 2.32. The summed E-state index contributed by atoms with van der Waals surface area (Å²) < 4.78 is 78.1. The molecule has 0 aliphatic rings. The predicted octanol–water partition coefficient (Wildman–Crippen LogP) is 6.22. The molecule has 0 radical (unpaired) electrons. The van der Waals surface area contributed by atoms with Crippen molar-refractivity contribution < 1.29 is 41.0 Å². The second-order valence-electron chi connectivity index (χ2n) is 8.22. The number of Topliss-reactive ketones (excluding diaryl/α,β-unsaturated/α-hetero) is 1. The molecule has 1 aromatic carbocycles. The third-order valence-corrected chi connectivity index (χ3v) is 5.38. The Morgan fingerprint density at radius 2 is 1.68 bits per heavy atom. The Balaban J connectivity index is 1.74. The van der Waals surface area contributed by atoms with Crippen molar-refractivity contribution in [3.63, 3.8) is 0 Å². The zero-order valence-corrected chi connectivity index (χ0v) is 19.2. The maximum atomic E-state index is 12.9. The lowest BCUT2D eigenvalue weighted by molar-refractivity contribution is -0.138. The second kappa shape index (κ2) is 11.4. The van der Waals surface area contributed by atoms with E-state index in [1.54, 1.807) is 0 Å². The standard InChI is InChI=1S/C24H22F6N4O3/c25-23(26,27)11-10-19(15-4-6-16(7-5-15)20(35)2-1-3-22(36)37)33-18-8-9-21(31-13-18)34-14-17(12-32-34)24(28,29)30/h4-9,12-14,19,33H,1-3,10-11H2,(H,36,37)/t19-/m1/s1. The number of carboxylic acid groups (broad SMARTS) is 1. The minimum absolute atomic E-state index is 0.0279. The van der Waals surface area contributed by atoms with Crippen molar-refractivity contribution in [3.05, 3.63) is 71.7 Å². The smallest absolute Gasteiger partial charge is 0.419 e. The van der Waals surface area contributed by atoms with Crippen LogP contribution in [0.4, 0.5) is 32.0 Å². The van der Waals surface area contributed by atoms with Gasteiger partial charge in [0.05, 0.1) is 29.7 Å². The molecule has 0 aliphatic carbocycles. The van der Waals surface area contributed by atoms with Gasteiger partial charge in [-0.15, -0.1) is 0 Å². The fraction of sp³-hybridized carbons (Fsp3) is 0.333. The minimum atomic E-state index is -4.57. The lowest BCUT2D eigenvalue weighted by Gasteiger charge is -2.21. The molecule has 2 aromatic heterocycles. The molecule has 13 heteroatoms. The van der Waals surface area contributed by atoms with E-state index >= 15 is 0 Å². The summed E-state index contributed by atoms with van der Waals surface area (Å²) >= 11 is 0. The number of alkyl halides is 6. The molecular weight excluding hydrogens is 506 g/mol. The molecule has 0 unspecified atom stereocenters. The number of carbonyl (C=O) groups excluding carboxylic acids is 1. The van der Waals surface area contributed by atoms with Crippen molar-refractivity contribution in [1.29, 1.82) is 0 Å². The molecule has 3 rings (SSSR count). The first-order valence-corrected chi connectivity index (χ1v) is 11.1. The molecular formula is C24H22F6N4O3. The summed E-state index contributed by atoms with van der Waals surface area (Å²) in [6, 6.07) is 7.99. The number of halogens is 6. The second-order valence-corrected chi connectivity index (χ2v) is 8.22. The van der Waals surface area contributed by atoms with Gasteiger partial charge in [-0.1, -0.05) is 24.3 Å². The van der Waals surface area contributed by atoms with Gasteiger partial charge in [0.15, 0.2) is 11.6 Å².